The predicted octanol–water partition coefficient (Wildman–Crippen LogP) is 5.62. The van der Waals surface area contributed by atoms with Crippen LogP contribution in [0.25, 0.3) is 0 Å². The Morgan fingerprint density at radius 3 is 2.17 bits per heavy atom. The molecule has 0 aliphatic rings. The third kappa shape index (κ3) is 5.34. The van der Waals surface area contributed by atoms with Gasteiger partial charge in [-0.3, -0.25) is 15.1 Å². The number of alkyl halides is 4. The first-order valence-corrected chi connectivity index (χ1v) is 8.47. The van der Waals surface area contributed by atoms with Crippen molar-refractivity contribution in [3.63, 3.8) is 0 Å². The normalized spacial score (nSPS) is 11.8. The Labute approximate surface area is 171 Å². The van der Waals surface area contributed by atoms with Crippen molar-refractivity contribution < 1.29 is 22.5 Å². The number of nitrogens with zero attached hydrogens (tertiary/aromatic N) is 4. The molecule has 0 fully saturated rings. The van der Waals surface area contributed by atoms with Gasteiger partial charge in [-0.15, -0.1) is 0 Å². The second kappa shape index (κ2) is 9.07. The maximum atomic E-state index is 13.0. The molecule has 0 atom stereocenters. The number of anilines is 1. The summed E-state index contributed by atoms with van der Waals surface area (Å²) in [4.78, 5) is 10.1. The highest BCUT2D eigenvalue weighted by Gasteiger charge is 2.32. The number of hydrogen-bond acceptors (Lipinski definition) is 5. The van der Waals surface area contributed by atoms with Gasteiger partial charge in [-0.1, -0.05) is 23.2 Å². The van der Waals surface area contributed by atoms with Crippen molar-refractivity contribution in [2.24, 2.45) is 5.10 Å². The number of halogens is 6. The van der Waals surface area contributed by atoms with E-state index in [1.54, 1.807) is 6.07 Å². The molecule has 0 bridgehead atoms. The van der Waals surface area contributed by atoms with E-state index in [1.807, 2.05) is 0 Å². The van der Waals surface area contributed by atoms with Crippen molar-refractivity contribution in [1.29, 1.82) is 5.26 Å². The number of non-ortho nitro benzene ring substituents is 1. The van der Waals surface area contributed by atoms with Crippen LogP contribution >= 0.6 is 23.2 Å². The number of nitro groups is 1. The maximum absolute atomic E-state index is 13.0. The monoisotopic (exact) mass is 448 g/mol. The third-order valence-electron chi connectivity index (χ3n) is 3.58. The Hall–Kier alpha value is -2.90. The summed E-state index contributed by atoms with van der Waals surface area (Å²) in [5.74, 6) is 0. The summed E-state index contributed by atoms with van der Waals surface area (Å²) in [6, 6.07) is 7.76. The van der Waals surface area contributed by atoms with Crippen LogP contribution in [-0.4, -0.2) is 23.9 Å². The molecule has 0 aliphatic carbocycles. The quantitative estimate of drug-likeness (QED) is 0.248. The molecule has 0 spiro atoms. The zero-order valence-electron chi connectivity index (χ0n) is 14.3. The number of hydrazone groups is 1. The van der Waals surface area contributed by atoms with Crippen molar-refractivity contribution >= 4 is 40.3 Å². The topological polar surface area (TPSA) is 82.5 Å². The van der Waals surface area contributed by atoms with Crippen molar-refractivity contribution in [3.05, 3.63) is 67.7 Å². The minimum absolute atomic E-state index is 0.168. The van der Waals surface area contributed by atoms with E-state index >= 15 is 0 Å². The summed E-state index contributed by atoms with van der Waals surface area (Å²) in [5.41, 5.74) is -1.65. The van der Waals surface area contributed by atoms with Crippen molar-refractivity contribution in [2.45, 2.75) is 6.18 Å². The molecule has 6 nitrogen and oxygen atoms in total. The highest BCUT2D eigenvalue weighted by Crippen LogP contribution is 2.40. The fraction of sp³-hybridized carbons (Fsp3) is 0.176. The van der Waals surface area contributed by atoms with Gasteiger partial charge in [0.25, 0.3) is 5.69 Å². The van der Waals surface area contributed by atoms with Gasteiger partial charge in [0.05, 0.1) is 32.8 Å². The van der Waals surface area contributed by atoms with E-state index in [-0.39, 0.29) is 22.6 Å². The van der Waals surface area contributed by atoms with E-state index in [0.29, 0.717) is 12.1 Å². The average molecular weight is 449 g/mol. The summed E-state index contributed by atoms with van der Waals surface area (Å²) in [6.07, 6.45) is -4.70. The maximum Gasteiger partial charge on any atom is 0.416 e. The minimum atomic E-state index is -4.70. The first-order chi connectivity index (χ1) is 13.6. The fourth-order valence-electron chi connectivity index (χ4n) is 2.27. The predicted molar refractivity (Wildman–Crippen MR) is 100 cm³/mol. The van der Waals surface area contributed by atoms with E-state index < -0.39 is 39.9 Å². The Kier molecular flexibility index (Phi) is 7.00. The number of nitro benzene ring substituents is 1. The average Bonchev–Trinajstić information content (AvgIpc) is 2.64. The van der Waals surface area contributed by atoms with Gasteiger partial charge >= 0.3 is 6.18 Å². The Morgan fingerprint density at radius 1 is 1.21 bits per heavy atom. The molecule has 0 N–H and O–H groups in total. The van der Waals surface area contributed by atoms with Crippen molar-refractivity contribution in [3.8, 4) is 6.07 Å². The molecular weight excluding hydrogens is 439 g/mol. The minimum Gasteiger partial charge on any atom is -0.259 e. The summed E-state index contributed by atoms with van der Waals surface area (Å²) >= 11 is 11.8. The standard InChI is InChI=1S/C17H10Cl2F4N4O2/c18-13-7-11(17(21,22)23)8-14(19)16(13)26(6-5-20)25-15(9-24)10-1-3-12(4-2-10)27(28)29/h1-4,7-8H,5-6H2/b25-15+. The van der Waals surface area contributed by atoms with E-state index in [9.17, 15) is 32.9 Å². The van der Waals surface area contributed by atoms with Crippen LogP contribution in [-0.2, 0) is 6.18 Å². The Morgan fingerprint density at radius 2 is 1.76 bits per heavy atom. The molecule has 0 saturated heterocycles. The van der Waals surface area contributed by atoms with E-state index in [4.69, 9.17) is 23.2 Å². The van der Waals surface area contributed by atoms with Crippen LogP contribution in [0.1, 0.15) is 11.1 Å². The first kappa shape index (κ1) is 22.4. The van der Waals surface area contributed by atoms with E-state index in [0.717, 1.165) is 17.1 Å². The van der Waals surface area contributed by atoms with Crippen LogP contribution in [0.15, 0.2) is 41.5 Å². The summed E-state index contributed by atoms with van der Waals surface area (Å²) in [7, 11) is 0. The molecule has 0 heterocycles. The zero-order valence-corrected chi connectivity index (χ0v) is 15.8. The molecule has 2 aromatic carbocycles. The molecule has 2 aromatic rings. The molecular formula is C17H10Cl2F4N4O2. The van der Waals surface area contributed by atoms with E-state index in [2.05, 4.69) is 5.10 Å². The molecule has 2 rings (SSSR count). The lowest BCUT2D eigenvalue weighted by molar-refractivity contribution is -0.384. The largest absolute Gasteiger partial charge is 0.416 e. The molecule has 152 valence electrons. The van der Waals surface area contributed by atoms with Gasteiger partial charge in [0.15, 0.2) is 5.71 Å². The molecule has 0 aromatic heterocycles. The highest BCUT2D eigenvalue weighted by molar-refractivity contribution is 6.39. The smallest absolute Gasteiger partial charge is 0.259 e. The number of benzene rings is 2. The highest BCUT2D eigenvalue weighted by atomic mass is 35.5. The van der Waals surface area contributed by atoms with Crippen LogP contribution in [0, 0.1) is 21.4 Å². The van der Waals surface area contributed by atoms with Gasteiger partial charge in [0, 0.05) is 17.7 Å². The second-order valence-electron chi connectivity index (χ2n) is 5.46. The first-order valence-electron chi connectivity index (χ1n) is 7.71. The Balaban J connectivity index is 2.52. The third-order valence-corrected chi connectivity index (χ3v) is 4.15. The summed E-state index contributed by atoms with van der Waals surface area (Å²) in [5, 5.41) is 24.0. The molecule has 12 heteroatoms. The van der Waals surface area contributed by atoms with Gasteiger partial charge in [0.2, 0.25) is 0 Å². The molecule has 0 saturated carbocycles. The molecule has 29 heavy (non-hydrogen) atoms. The number of rotatable bonds is 6. The molecule has 0 unspecified atom stereocenters. The summed E-state index contributed by atoms with van der Waals surface area (Å²) in [6.45, 7) is -1.43. The van der Waals surface area contributed by atoms with Crippen molar-refractivity contribution in [2.75, 3.05) is 18.2 Å². The number of nitriles is 1. The van der Waals surface area contributed by atoms with Gasteiger partial charge in [0.1, 0.15) is 12.7 Å². The molecule has 0 aliphatic heterocycles. The number of hydrogen-bond donors (Lipinski definition) is 0. The lowest BCUT2D eigenvalue weighted by Gasteiger charge is -2.22. The van der Waals surface area contributed by atoms with Gasteiger partial charge in [-0.05, 0) is 24.3 Å². The molecule has 0 radical (unpaired) electrons. The molecule has 0 amide bonds. The van der Waals surface area contributed by atoms with Gasteiger partial charge < -0.3 is 0 Å². The van der Waals surface area contributed by atoms with Crippen LogP contribution in [0.3, 0.4) is 0 Å². The van der Waals surface area contributed by atoms with Gasteiger partial charge in [-0.2, -0.15) is 23.5 Å². The lowest BCUT2D eigenvalue weighted by atomic mass is 10.1. The fourth-order valence-corrected chi connectivity index (χ4v) is 2.96. The van der Waals surface area contributed by atoms with Gasteiger partial charge in [-0.25, -0.2) is 4.39 Å². The van der Waals surface area contributed by atoms with Crippen LogP contribution in [0.4, 0.5) is 28.9 Å². The second-order valence-corrected chi connectivity index (χ2v) is 6.28. The SMILES string of the molecule is N#C/C(=N\N(CCF)c1c(Cl)cc(C(F)(F)F)cc1Cl)c1ccc([N+](=O)[O-])cc1. The van der Waals surface area contributed by atoms with E-state index in [1.165, 1.54) is 12.1 Å². The van der Waals surface area contributed by atoms with Crippen LogP contribution in [0.5, 0.6) is 0 Å². The summed E-state index contributed by atoms with van der Waals surface area (Å²) < 4.78 is 51.7. The van der Waals surface area contributed by atoms with Crippen molar-refractivity contribution in [1.82, 2.24) is 0 Å². The van der Waals surface area contributed by atoms with Crippen LogP contribution in [0.2, 0.25) is 10.0 Å². The zero-order chi connectivity index (χ0) is 21.8. The van der Waals surface area contributed by atoms with Crippen LogP contribution < -0.4 is 5.01 Å². The Bertz CT molecular complexity index is 965. The lowest BCUT2D eigenvalue weighted by Crippen LogP contribution is -2.23.